The lowest BCUT2D eigenvalue weighted by Crippen LogP contribution is -2.40. The lowest BCUT2D eigenvalue weighted by molar-refractivity contribution is -0.119. The van der Waals surface area contributed by atoms with Crippen LogP contribution in [0.2, 0.25) is 5.02 Å². The minimum absolute atomic E-state index is 0.305. The van der Waals surface area contributed by atoms with E-state index in [1.54, 1.807) is 13.0 Å². The molecule has 0 unspecified atom stereocenters. The Bertz CT molecular complexity index is 903. The number of sulfonamides is 1. The van der Waals surface area contributed by atoms with Crippen LogP contribution in [0.5, 0.6) is 0 Å². The fourth-order valence-corrected chi connectivity index (χ4v) is 4.19. The van der Waals surface area contributed by atoms with Crippen LogP contribution in [0.3, 0.4) is 0 Å². The van der Waals surface area contributed by atoms with Crippen LogP contribution >= 0.6 is 11.6 Å². The average molecular weight is 395 g/mol. The molecule has 0 aliphatic heterocycles. The Balaban J connectivity index is 2.20. The number of benzene rings is 2. The maximum absolute atomic E-state index is 12.4. The van der Waals surface area contributed by atoms with Crippen molar-refractivity contribution in [3.8, 4) is 0 Å². The molecule has 2 aromatic rings. The van der Waals surface area contributed by atoms with Gasteiger partial charge in [0, 0.05) is 6.54 Å². The molecular formula is C19H23ClN2O3S. The van der Waals surface area contributed by atoms with Gasteiger partial charge in [0.15, 0.2) is 0 Å². The van der Waals surface area contributed by atoms with Gasteiger partial charge in [0.2, 0.25) is 15.9 Å². The highest BCUT2D eigenvalue weighted by molar-refractivity contribution is 7.92. The number of anilines is 1. The van der Waals surface area contributed by atoms with E-state index in [1.165, 1.54) is 0 Å². The number of aryl methyl sites for hydroxylation is 3. The van der Waals surface area contributed by atoms with Gasteiger partial charge in [-0.05, 0) is 43.5 Å². The predicted octanol–water partition coefficient (Wildman–Crippen LogP) is 3.35. The minimum atomic E-state index is -3.67. The van der Waals surface area contributed by atoms with Gasteiger partial charge in [-0.25, -0.2) is 8.42 Å². The van der Waals surface area contributed by atoms with Gasteiger partial charge < -0.3 is 5.32 Å². The van der Waals surface area contributed by atoms with E-state index in [1.807, 2.05) is 44.2 Å². The van der Waals surface area contributed by atoms with Crippen molar-refractivity contribution in [1.82, 2.24) is 5.32 Å². The van der Waals surface area contributed by atoms with Crippen molar-refractivity contribution < 1.29 is 13.2 Å². The number of rotatable bonds is 6. The van der Waals surface area contributed by atoms with Crippen LogP contribution in [-0.2, 0) is 21.4 Å². The normalized spacial score (nSPS) is 11.3. The van der Waals surface area contributed by atoms with Crippen LogP contribution in [0.25, 0.3) is 0 Å². The first-order valence-electron chi connectivity index (χ1n) is 8.14. The third-order valence-corrected chi connectivity index (χ3v) is 5.31. The first kappa shape index (κ1) is 20.3. The zero-order valence-electron chi connectivity index (χ0n) is 15.3. The topological polar surface area (TPSA) is 66.5 Å². The third-order valence-electron chi connectivity index (χ3n) is 3.91. The summed E-state index contributed by atoms with van der Waals surface area (Å²) in [5.41, 5.74) is 4.01. The molecule has 5 nitrogen and oxygen atoms in total. The molecule has 26 heavy (non-hydrogen) atoms. The molecule has 0 aliphatic rings. The van der Waals surface area contributed by atoms with E-state index >= 15 is 0 Å². The summed E-state index contributed by atoms with van der Waals surface area (Å²) >= 11 is 6.27. The predicted molar refractivity (Wildman–Crippen MR) is 106 cm³/mol. The highest BCUT2D eigenvalue weighted by Crippen LogP contribution is 2.32. The van der Waals surface area contributed by atoms with Gasteiger partial charge in [-0.3, -0.25) is 9.10 Å². The number of amides is 1. The van der Waals surface area contributed by atoms with Crippen molar-refractivity contribution in [3.63, 3.8) is 0 Å². The summed E-state index contributed by atoms with van der Waals surface area (Å²) in [4.78, 5) is 12.4. The Hall–Kier alpha value is -2.05. The lowest BCUT2D eigenvalue weighted by Gasteiger charge is -2.25. The van der Waals surface area contributed by atoms with E-state index in [0.717, 1.165) is 27.3 Å². The molecule has 140 valence electrons. The minimum Gasteiger partial charge on any atom is -0.350 e. The number of nitrogens with zero attached hydrogens (tertiary/aromatic N) is 1. The van der Waals surface area contributed by atoms with Crippen molar-refractivity contribution in [2.75, 3.05) is 17.1 Å². The number of hydrogen-bond acceptors (Lipinski definition) is 3. The van der Waals surface area contributed by atoms with E-state index < -0.39 is 15.9 Å². The second-order valence-electron chi connectivity index (χ2n) is 6.45. The summed E-state index contributed by atoms with van der Waals surface area (Å²) in [6.07, 6.45) is 1.07. The van der Waals surface area contributed by atoms with E-state index in [4.69, 9.17) is 11.6 Å². The van der Waals surface area contributed by atoms with E-state index in [-0.39, 0.29) is 6.54 Å². The Kier molecular flexibility index (Phi) is 6.31. The molecule has 0 spiro atoms. The number of nitrogens with one attached hydrogen (secondary N) is 1. The van der Waals surface area contributed by atoms with Crippen molar-refractivity contribution in [3.05, 3.63) is 63.7 Å². The number of carbonyl (C=O) groups excluding carboxylic acids is 1. The summed E-state index contributed by atoms with van der Waals surface area (Å²) in [5.74, 6) is -0.395. The molecule has 0 radical (unpaired) electrons. The van der Waals surface area contributed by atoms with Crippen LogP contribution < -0.4 is 9.62 Å². The first-order valence-corrected chi connectivity index (χ1v) is 10.4. The molecule has 2 rings (SSSR count). The molecule has 0 heterocycles. The average Bonchev–Trinajstić information content (AvgIpc) is 2.50. The Morgan fingerprint density at radius 2 is 1.81 bits per heavy atom. The van der Waals surface area contributed by atoms with Crippen LogP contribution in [0.4, 0.5) is 5.69 Å². The molecule has 2 aromatic carbocycles. The first-order chi connectivity index (χ1) is 12.1. The molecular weight excluding hydrogens is 372 g/mol. The van der Waals surface area contributed by atoms with E-state index in [2.05, 4.69) is 5.32 Å². The van der Waals surface area contributed by atoms with Gasteiger partial charge in [0.1, 0.15) is 6.54 Å². The second-order valence-corrected chi connectivity index (χ2v) is 8.76. The number of halogens is 1. The van der Waals surface area contributed by atoms with Crippen molar-refractivity contribution >= 4 is 33.2 Å². The zero-order valence-corrected chi connectivity index (χ0v) is 16.9. The molecule has 0 aliphatic carbocycles. The number of hydrogen-bond donors (Lipinski definition) is 1. The molecule has 7 heteroatoms. The van der Waals surface area contributed by atoms with Gasteiger partial charge in [-0.2, -0.15) is 0 Å². The summed E-state index contributed by atoms with van der Waals surface area (Å²) in [5, 5.41) is 3.07. The van der Waals surface area contributed by atoms with Crippen LogP contribution in [-0.4, -0.2) is 27.1 Å². The fraction of sp³-hybridized carbons (Fsp3) is 0.316. The third kappa shape index (κ3) is 5.22. The van der Waals surface area contributed by atoms with Gasteiger partial charge in [-0.15, -0.1) is 0 Å². The molecule has 0 saturated heterocycles. The highest BCUT2D eigenvalue weighted by Gasteiger charge is 2.24. The largest absolute Gasteiger partial charge is 0.350 e. The van der Waals surface area contributed by atoms with Crippen molar-refractivity contribution in [2.45, 2.75) is 27.3 Å². The zero-order chi connectivity index (χ0) is 19.5. The van der Waals surface area contributed by atoms with Crippen LogP contribution in [0.15, 0.2) is 36.4 Å². The summed E-state index contributed by atoms with van der Waals surface area (Å²) < 4.78 is 25.6. The monoisotopic (exact) mass is 394 g/mol. The summed E-state index contributed by atoms with van der Waals surface area (Å²) in [6.45, 7) is 5.63. The molecule has 0 atom stereocenters. The van der Waals surface area contributed by atoms with Gasteiger partial charge >= 0.3 is 0 Å². The standard InChI is InChI=1S/C19H23ClN2O3S/c1-13-6-5-7-16(9-13)11-21-18(23)12-22(26(4,24)25)19-15(3)8-14(2)10-17(19)20/h5-10H,11-12H2,1-4H3,(H,21,23). The molecule has 1 N–H and O–H groups in total. The van der Waals surface area contributed by atoms with Crippen LogP contribution in [0, 0.1) is 20.8 Å². The molecule has 0 saturated carbocycles. The van der Waals surface area contributed by atoms with Gasteiger partial charge in [0.25, 0.3) is 0 Å². The van der Waals surface area contributed by atoms with Gasteiger partial charge in [-0.1, -0.05) is 47.5 Å². The van der Waals surface area contributed by atoms with Crippen molar-refractivity contribution in [2.24, 2.45) is 0 Å². The second kappa shape index (κ2) is 8.10. The Morgan fingerprint density at radius 3 is 2.38 bits per heavy atom. The van der Waals surface area contributed by atoms with E-state index in [9.17, 15) is 13.2 Å². The molecule has 0 bridgehead atoms. The molecule has 0 aromatic heterocycles. The van der Waals surface area contributed by atoms with Gasteiger partial charge in [0.05, 0.1) is 17.0 Å². The Morgan fingerprint density at radius 1 is 1.12 bits per heavy atom. The summed E-state index contributed by atoms with van der Waals surface area (Å²) in [6, 6.07) is 11.3. The molecule has 0 fully saturated rings. The quantitative estimate of drug-likeness (QED) is 0.817. The molecule has 1 amide bonds. The van der Waals surface area contributed by atoms with E-state index in [0.29, 0.717) is 22.8 Å². The fourth-order valence-electron chi connectivity index (χ4n) is 2.80. The maximum atomic E-state index is 12.4. The number of carbonyl (C=O) groups is 1. The SMILES string of the molecule is Cc1cccc(CNC(=O)CN(c2c(C)cc(C)cc2Cl)S(C)(=O)=O)c1. The maximum Gasteiger partial charge on any atom is 0.241 e. The van der Waals surface area contributed by atoms with Crippen LogP contribution in [0.1, 0.15) is 22.3 Å². The highest BCUT2D eigenvalue weighted by atomic mass is 35.5. The Labute approximate surface area is 160 Å². The lowest BCUT2D eigenvalue weighted by atomic mass is 10.1. The smallest absolute Gasteiger partial charge is 0.241 e. The summed E-state index contributed by atoms with van der Waals surface area (Å²) in [7, 11) is -3.67. The van der Waals surface area contributed by atoms with Crippen molar-refractivity contribution in [1.29, 1.82) is 0 Å².